The van der Waals surface area contributed by atoms with E-state index in [2.05, 4.69) is 11.2 Å². The Hall–Kier alpha value is -1.75. The van der Waals surface area contributed by atoms with Gasteiger partial charge < -0.3 is 5.32 Å². The maximum absolute atomic E-state index is 11.4. The molecule has 1 rings (SSSR count). The molecule has 0 unspecified atom stereocenters. The van der Waals surface area contributed by atoms with E-state index in [4.69, 9.17) is 6.42 Å². The lowest BCUT2D eigenvalue weighted by atomic mass is 10.1. The highest BCUT2D eigenvalue weighted by molar-refractivity contribution is 5.75. The summed E-state index contributed by atoms with van der Waals surface area (Å²) in [5.74, 6) is 2.59. The number of unbranched alkanes of at least 4 members (excludes halogenated alkanes) is 1. The summed E-state index contributed by atoms with van der Waals surface area (Å²) in [6, 6.07) is 8.13. The van der Waals surface area contributed by atoms with Crippen LogP contribution in [0.25, 0.3) is 0 Å². The minimum Gasteiger partial charge on any atom is -0.352 e. The molecule has 1 N–H and O–H groups in total. The molecule has 0 heterocycles. The van der Waals surface area contributed by atoms with Crippen molar-refractivity contribution in [1.82, 2.24) is 5.32 Å². The maximum Gasteiger partial charge on any atom is 0.220 e. The third kappa shape index (κ3) is 4.65. The normalized spacial score (nSPS) is 9.50. The molecule has 2 heteroatoms. The number of hydrogen-bond donors (Lipinski definition) is 1. The second-order valence-corrected chi connectivity index (χ2v) is 3.82. The molecule has 0 saturated heterocycles. The Balaban J connectivity index is 2.26. The molecule has 0 spiro atoms. The van der Waals surface area contributed by atoms with Crippen molar-refractivity contribution in [3.8, 4) is 12.3 Å². The van der Waals surface area contributed by atoms with Crippen molar-refractivity contribution < 1.29 is 4.79 Å². The monoisotopic (exact) mass is 215 g/mol. The maximum atomic E-state index is 11.4. The minimum atomic E-state index is 0.0656. The predicted octanol–water partition coefficient (Wildman–Crippen LogP) is 2.41. The molecular weight excluding hydrogens is 198 g/mol. The summed E-state index contributed by atoms with van der Waals surface area (Å²) < 4.78 is 0. The summed E-state index contributed by atoms with van der Waals surface area (Å²) in [6.07, 6.45) is 7.05. The van der Waals surface area contributed by atoms with Gasteiger partial charge in [0.2, 0.25) is 5.91 Å². The van der Waals surface area contributed by atoms with Gasteiger partial charge in [0.15, 0.2) is 0 Å². The van der Waals surface area contributed by atoms with Crippen molar-refractivity contribution in [1.29, 1.82) is 0 Å². The van der Waals surface area contributed by atoms with E-state index in [0.29, 0.717) is 19.4 Å². The zero-order valence-electron chi connectivity index (χ0n) is 9.62. The van der Waals surface area contributed by atoms with Crippen molar-refractivity contribution in [2.24, 2.45) is 0 Å². The van der Waals surface area contributed by atoms with Crippen LogP contribution in [0.4, 0.5) is 0 Å². The van der Waals surface area contributed by atoms with Crippen LogP contribution in [-0.2, 0) is 11.3 Å². The Labute approximate surface area is 97.1 Å². The lowest BCUT2D eigenvalue weighted by Gasteiger charge is -2.04. The highest BCUT2D eigenvalue weighted by atomic mass is 16.1. The van der Waals surface area contributed by atoms with Gasteiger partial charge >= 0.3 is 0 Å². The molecule has 0 aromatic heterocycles. The lowest BCUT2D eigenvalue weighted by molar-refractivity contribution is -0.121. The summed E-state index contributed by atoms with van der Waals surface area (Å²) >= 11 is 0. The average molecular weight is 215 g/mol. The van der Waals surface area contributed by atoms with E-state index in [-0.39, 0.29) is 5.91 Å². The van der Waals surface area contributed by atoms with Gasteiger partial charge in [-0.25, -0.2) is 0 Å². The second-order valence-electron chi connectivity index (χ2n) is 3.82. The molecule has 84 valence electrons. The fourth-order valence-electron chi connectivity index (χ4n) is 1.35. The van der Waals surface area contributed by atoms with Crippen molar-refractivity contribution in [3.63, 3.8) is 0 Å². The molecule has 0 atom stereocenters. The van der Waals surface area contributed by atoms with Gasteiger partial charge in [-0.05, 0) is 18.9 Å². The summed E-state index contributed by atoms with van der Waals surface area (Å²) in [7, 11) is 0. The zero-order valence-corrected chi connectivity index (χ0v) is 9.62. The number of amides is 1. The SMILES string of the molecule is C#CCCCC(=O)NCc1ccc(C)cc1. The van der Waals surface area contributed by atoms with E-state index in [1.54, 1.807) is 0 Å². The van der Waals surface area contributed by atoms with Gasteiger partial charge in [-0.1, -0.05) is 29.8 Å². The number of hydrogen-bond acceptors (Lipinski definition) is 1. The van der Waals surface area contributed by atoms with Crippen LogP contribution in [0.1, 0.15) is 30.4 Å². The first-order valence-corrected chi connectivity index (χ1v) is 5.48. The predicted molar refractivity (Wildman–Crippen MR) is 65.7 cm³/mol. The van der Waals surface area contributed by atoms with E-state index >= 15 is 0 Å². The van der Waals surface area contributed by atoms with Crippen molar-refractivity contribution in [3.05, 3.63) is 35.4 Å². The molecule has 0 radical (unpaired) electrons. The van der Waals surface area contributed by atoms with Gasteiger partial charge in [0, 0.05) is 19.4 Å². The van der Waals surface area contributed by atoms with E-state index in [9.17, 15) is 4.79 Å². The zero-order chi connectivity index (χ0) is 11.8. The van der Waals surface area contributed by atoms with E-state index in [0.717, 1.165) is 12.0 Å². The van der Waals surface area contributed by atoms with Gasteiger partial charge in [-0.15, -0.1) is 12.3 Å². The number of carbonyl (C=O) groups excluding carboxylic acids is 1. The van der Waals surface area contributed by atoms with Crippen molar-refractivity contribution in [2.45, 2.75) is 32.7 Å². The summed E-state index contributed by atoms with van der Waals surface area (Å²) in [4.78, 5) is 11.4. The largest absolute Gasteiger partial charge is 0.352 e. The molecule has 0 saturated carbocycles. The van der Waals surface area contributed by atoms with Gasteiger partial charge in [-0.2, -0.15) is 0 Å². The average Bonchev–Trinajstić information content (AvgIpc) is 2.29. The first-order valence-electron chi connectivity index (χ1n) is 5.48. The highest BCUT2D eigenvalue weighted by Gasteiger charge is 2.00. The Bertz CT molecular complexity index is 373. The van der Waals surface area contributed by atoms with Crippen LogP contribution < -0.4 is 5.32 Å². The van der Waals surface area contributed by atoms with Crippen LogP contribution in [-0.4, -0.2) is 5.91 Å². The van der Waals surface area contributed by atoms with Crippen LogP contribution in [0.5, 0.6) is 0 Å². The van der Waals surface area contributed by atoms with Crippen molar-refractivity contribution in [2.75, 3.05) is 0 Å². The van der Waals surface area contributed by atoms with Crippen molar-refractivity contribution >= 4 is 5.91 Å². The third-order valence-corrected chi connectivity index (χ3v) is 2.34. The fourth-order valence-corrected chi connectivity index (χ4v) is 1.35. The first-order chi connectivity index (χ1) is 7.72. The Kier molecular flexibility index (Phi) is 5.15. The molecule has 0 aliphatic rings. The van der Waals surface area contributed by atoms with Crippen LogP contribution >= 0.6 is 0 Å². The van der Waals surface area contributed by atoms with Gasteiger partial charge in [-0.3, -0.25) is 4.79 Å². The third-order valence-electron chi connectivity index (χ3n) is 2.34. The highest BCUT2D eigenvalue weighted by Crippen LogP contribution is 2.02. The minimum absolute atomic E-state index is 0.0656. The number of benzene rings is 1. The molecule has 0 bridgehead atoms. The van der Waals surface area contributed by atoms with Crippen LogP contribution in [0.15, 0.2) is 24.3 Å². The Morgan fingerprint density at radius 3 is 2.69 bits per heavy atom. The summed E-state index contributed by atoms with van der Waals surface area (Å²) in [6.45, 7) is 2.64. The Morgan fingerprint density at radius 2 is 2.06 bits per heavy atom. The fraction of sp³-hybridized carbons (Fsp3) is 0.357. The number of nitrogens with one attached hydrogen (secondary N) is 1. The summed E-state index contributed by atoms with van der Waals surface area (Å²) in [5, 5.41) is 2.87. The van der Waals surface area contributed by atoms with Crippen LogP contribution in [0.3, 0.4) is 0 Å². The van der Waals surface area contributed by atoms with Gasteiger partial charge in [0.25, 0.3) is 0 Å². The standard InChI is InChI=1S/C14H17NO/c1-3-4-5-6-14(16)15-11-13-9-7-12(2)8-10-13/h1,7-10H,4-6,11H2,2H3,(H,15,16). The van der Waals surface area contributed by atoms with Gasteiger partial charge in [0.1, 0.15) is 0 Å². The topological polar surface area (TPSA) is 29.1 Å². The molecule has 2 nitrogen and oxygen atoms in total. The van der Waals surface area contributed by atoms with Gasteiger partial charge in [0.05, 0.1) is 0 Å². The first kappa shape index (κ1) is 12.3. The van der Waals surface area contributed by atoms with Crippen LogP contribution in [0, 0.1) is 19.3 Å². The molecule has 1 amide bonds. The molecule has 1 aromatic rings. The number of terminal acetylenes is 1. The van der Waals surface area contributed by atoms with E-state index in [1.807, 2.05) is 31.2 Å². The lowest BCUT2D eigenvalue weighted by Crippen LogP contribution is -2.22. The molecule has 1 aromatic carbocycles. The van der Waals surface area contributed by atoms with E-state index in [1.165, 1.54) is 5.56 Å². The second kappa shape index (κ2) is 6.68. The quantitative estimate of drug-likeness (QED) is 0.593. The molecule has 0 aliphatic carbocycles. The molecule has 16 heavy (non-hydrogen) atoms. The summed E-state index contributed by atoms with van der Waals surface area (Å²) in [5.41, 5.74) is 2.35. The number of rotatable bonds is 5. The Morgan fingerprint density at radius 1 is 1.38 bits per heavy atom. The molecule has 0 aliphatic heterocycles. The smallest absolute Gasteiger partial charge is 0.220 e. The van der Waals surface area contributed by atoms with E-state index < -0.39 is 0 Å². The molecular formula is C14H17NO. The van der Waals surface area contributed by atoms with Crippen LogP contribution in [0.2, 0.25) is 0 Å². The molecule has 0 fully saturated rings. The number of carbonyl (C=O) groups is 1. The number of aryl methyl sites for hydroxylation is 1.